The Hall–Kier alpha value is -3.05. The third-order valence-electron chi connectivity index (χ3n) is 4.57. The van der Waals surface area contributed by atoms with E-state index in [0.717, 1.165) is 28.7 Å². The van der Waals surface area contributed by atoms with E-state index in [1.54, 1.807) is 44.6 Å². The SMILES string of the molecule is CC(Cc1cccnc1)NC(=O)c1ccc(-c2cncc(C(C)(C)O)c2)cc1. The third-order valence-corrected chi connectivity index (χ3v) is 4.57. The smallest absolute Gasteiger partial charge is 0.251 e. The third kappa shape index (κ3) is 5.02. The number of carbonyl (C=O) groups is 1. The molecule has 1 unspecified atom stereocenters. The van der Waals surface area contributed by atoms with Crippen molar-refractivity contribution >= 4 is 5.91 Å². The monoisotopic (exact) mass is 375 g/mol. The van der Waals surface area contributed by atoms with Crippen molar-refractivity contribution in [3.05, 3.63) is 83.9 Å². The van der Waals surface area contributed by atoms with Gasteiger partial charge in [0, 0.05) is 47.5 Å². The number of pyridine rings is 2. The number of benzene rings is 1. The van der Waals surface area contributed by atoms with E-state index < -0.39 is 5.60 Å². The average Bonchev–Trinajstić information content (AvgIpc) is 2.68. The summed E-state index contributed by atoms with van der Waals surface area (Å²) in [5.41, 5.74) is 3.33. The molecule has 1 amide bonds. The van der Waals surface area contributed by atoms with Crippen LogP contribution in [0, 0.1) is 0 Å². The summed E-state index contributed by atoms with van der Waals surface area (Å²) in [6.07, 6.45) is 7.69. The van der Waals surface area contributed by atoms with Crippen LogP contribution in [-0.4, -0.2) is 27.0 Å². The van der Waals surface area contributed by atoms with E-state index in [0.29, 0.717) is 5.56 Å². The Kier molecular flexibility index (Phi) is 5.85. The fourth-order valence-corrected chi connectivity index (χ4v) is 2.98. The lowest BCUT2D eigenvalue weighted by atomic mass is 9.96. The van der Waals surface area contributed by atoms with E-state index in [-0.39, 0.29) is 11.9 Å². The number of aliphatic hydroxyl groups is 1. The van der Waals surface area contributed by atoms with Gasteiger partial charge < -0.3 is 10.4 Å². The Morgan fingerprint density at radius 3 is 2.46 bits per heavy atom. The first-order valence-electron chi connectivity index (χ1n) is 9.31. The van der Waals surface area contributed by atoms with E-state index in [9.17, 15) is 9.90 Å². The first-order valence-corrected chi connectivity index (χ1v) is 9.31. The fraction of sp³-hybridized carbons (Fsp3) is 0.261. The Morgan fingerprint density at radius 2 is 1.82 bits per heavy atom. The molecule has 0 saturated heterocycles. The highest BCUT2D eigenvalue weighted by molar-refractivity contribution is 5.94. The molecule has 5 heteroatoms. The minimum atomic E-state index is -0.951. The van der Waals surface area contributed by atoms with Gasteiger partial charge in [-0.25, -0.2) is 0 Å². The van der Waals surface area contributed by atoms with Crippen LogP contribution in [-0.2, 0) is 12.0 Å². The summed E-state index contributed by atoms with van der Waals surface area (Å²) < 4.78 is 0. The van der Waals surface area contributed by atoms with Crippen LogP contribution in [0.2, 0.25) is 0 Å². The zero-order valence-corrected chi connectivity index (χ0v) is 16.4. The largest absolute Gasteiger partial charge is 0.386 e. The molecule has 5 nitrogen and oxygen atoms in total. The molecule has 3 aromatic rings. The molecule has 0 aliphatic carbocycles. The van der Waals surface area contributed by atoms with Crippen LogP contribution in [0.15, 0.2) is 67.3 Å². The molecule has 0 fully saturated rings. The van der Waals surface area contributed by atoms with Crippen molar-refractivity contribution in [2.75, 3.05) is 0 Å². The molecule has 2 heterocycles. The van der Waals surface area contributed by atoms with Gasteiger partial charge in [0.1, 0.15) is 0 Å². The molecule has 0 bridgehead atoms. The van der Waals surface area contributed by atoms with Gasteiger partial charge in [0.25, 0.3) is 5.91 Å². The highest BCUT2D eigenvalue weighted by atomic mass is 16.3. The summed E-state index contributed by atoms with van der Waals surface area (Å²) in [5, 5.41) is 13.2. The van der Waals surface area contributed by atoms with Gasteiger partial charge in [-0.1, -0.05) is 18.2 Å². The standard InChI is InChI=1S/C23H25N3O2/c1-16(11-17-5-4-10-24-13-17)26-22(27)19-8-6-18(7-9-19)20-12-21(15-25-14-20)23(2,3)28/h4-10,12-16,28H,11H2,1-3H3,(H,26,27). The second kappa shape index (κ2) is 8.31. The maximum atomic E-state index is 12.5. The molecule has 0 aliphatic heterocycles. The number of amides is 1. The van der Waals surface area contributed by atoms with Gasteiger partial charge in [-0.3, -0.25) is 14.8 Å². The van der Waals surface area contributed by atoms with Crippen LogP contribution in [0.3, 0.4) is 0 Å². The molecule has 0 aliphatic rings. The number of aromatic nitrogens is 2. The molecule has 1 atom stereocenters. The fourth-order valence-electron chi connectivity index (χ4n) is 2.98. The Labute approximate surface area is 165 Å². The van der Waals surface area contributed by atoms with Crippen LogP contribution in [0.1, 0.15) is 42.3 Å². The van der Waals surface area contributed by atoms with E-state index in [1.807, 2.05) is 43.5 Å². The van der Waals surface area contributed by atoms with E-state index in [1.165, 1.54) is 0 Å². The average molecular weight is 375 g/mol. The molecule has 0 spiro atoms. The Balaban J connectivity index is 1.68. The molecule has 1 aromatic carbocycles. The normalized spacial score (nSPS) is 12.4. The van der Waals surface area contributed by atoms with E-state index >= 15 is 0 Å². The molecule has 3 rings (SSSR count). The lowest BCUT2D eigenvalue weighted by Crippen LogP contribution is -2.34. The van der Waals surface area contributed by atoms with Gasteiger partial charge in [0.05, 0.1) is 5.60 Å². The van der Waals surface area contributed by atoms with Crippen molar-refractivity contribution in [1.82, 2.24) is 15.3 Å². The van der Waals surface area contributed by atoms with Crippen molar-refractivity contribution in [3.63, 3.8) is 0 Å². The second-order valence-corrected chi connectivity index (χ2v) is 7.54. The topological polar surface area (TPSA) is 75.1 Å². The molecular weight excluding hydrogens is 350 g/mol. The van der Waals surface area contributed by atoms with Gasteiger partial charge in [-0.2, -0.15) is 0 Å². The predicted molar refractivity (Wildman–Crippen MR) is 110 cm³/mol. The van der Waals surface area contributed by atoms with Gasteiger partial charge in [0.15, 0.2) is 0 Å². The summed E-state index contributed by atoms with van der Waals surface area (Å²) in [4.78, 5) is 20.8. The number of nitrogens with one attached hydrogen (secondary N) is 1. The molecule has 0 radical (unpaired) electrons. The number of hydrogen-bond acceptors (Lipinski definition) is 4. The van der Waals surface area contributed by atoms with Crippen LogP contribution in [0.4, 0.5) is 0 Å². The number of carbonyl (C=O) groups excluding carboxylic acids is 1. The molecule has 2 N–H and O–H groups in total. The van der Waals surface area contributed by atoms with Crippen LogP contribution < -0.4 is 5.32 Å². The van der Waals surface area contributed by atoms with Crippen molar-refractivity contribution in [3.8, 4) is 11.1 Å². The van der Waals surface area contributed by atoms with Gasteiger partial charge in [0.2, 0.25) is 0 Å². The van der Waals surface area contributed by atoms with Gasteiger partial charge in [-0.05, 0) is 62.6 Å². The Morgan fingerprint density at radius 1 is 1.07 bits per heavy atom. The second-order valence-electron chi connectivity index (χ2n) is 7.54. The quantitative estimate of drug-likeness (QED) is 0.688. The molecule has 144 valence electrons. The lowest BCUT2D eigenvalue weighted by molar-refractivity contribution is 0.0782. The number of nitrogens with zero attached hydrogens (tertiary/aromatic N) is 2. The maximum Gasteiger partial charge on any atom is 0.251 e. The highest BCUT2D eigenvalue weighted by Gasteiger charge is 2.17. The Bertz CT molecular complexity index is 932. The first kappa shape index (κ1) is 19.7. The summed E-state index contributed by atoms with van der Waals surface area (Å²) in [5.74, 6) is -0.105. The van der Waals surface area contributed by atoms with Crippen LogP contribution in [0.25, 0.3) is 11.1 Å². The molecule has 0 saturated carbocycles. The number of hydrogen-bond donors (Lipinski definition) is 2. The van der Waals surface area contributed by atoms with E-state index in [4.69, 9.17) is 0 Å². The molecule has 28 heavy (non-hydrogen) atoms. The summed E-state index contributed by atoms with van der Waals surface area (Å²) in [6.45, 7) is 5.44. The van der Waals surface area contributed by atoms with Crippen molar-refractivity contribution in [1.29, 1.82) is 0 Å². The highest BCUT2D eigenvalue weighted by Crippen LogP contribution is 2.25. The zero-order chi connectivity index (χ0) is 20.1. The van der Waals surface area contributed by atoms with Crippen molar-refractivity contribution in [2.45, 2.75) is 38.8 Å². The zero-order valence-electron chi connectivity index (χ0n) is 16.4. The first-order chi connectivity index (χ1) is 13.3. The van der Waals surface area contributed by atoms with E-state index in [2.05, 4.69) is 15.3 Å². The van der Waals surface area contributed by atoms with Crippen molar-refractivity contribution in [2.24, 2.45) is 0 Å². The summed E-state index contributed by atoms with van der Waals surface area (Å²) in [7, 11) is 0. The van der Waals surface area contributed by atoms with Gasteiger partial charge >= 0.3 is 0 Å². The minimum Gasteiger partial charge on any atom is -0.386 e. The van der Waals surface area contributed by atoms with Gasteiger partial charge in [-0.15, -0.1) is 0 Å². The minimum absolute atomic E-state index is 0.00374. The van der Waals surface area contributed by atoms with Crippen LogP contribution in [0.5, 0.6) is 0 Å². The molecular formula is C23H25N3O2. The lowest BCUT2D eigenvalue weighted by Gasteiger charge is -2.18. The van der Waals surface area contributed by atoms with Crippen LogP contribution >= 0.6 is 0 Å². The predicted octanol–water partition coefficient (Wildman–Crippen LogP) is 3.73. The van der Waals surface area contributed by atoms with Crippen molar-refractivity contribution < 1.29 is 9.90 Å². The maximum absolute atomic E-state index is 12.5. The number of rotatable bonds is 6. The molecule has 2 aromatic heterocycles. The summed E-state index contributed by atoms with van der Waals surface area (Å²) >= 11 is 0. The summed E-state index contributed by atoms with van der Waals surface area (Å²) in [6, 6.07) is 13.2.